The highest BCUT2D eigenvalue weighted by Crippen LogP contribution is 2.18. The zero-order valence-electron chi connectivity index (χ0n) is 13.4. The van der Waals surface area contributed by atoms with Crippen LogP contribution >= 0.6 is 0 Å². The van der Waals surface area contributed by atoms with Crippen molar-refractivity contribution in [1.82, 2.24) is 10.2 Å². The first-order chi connectivity index (χ1) is 9.31. The minimum atomic E-state index is -0.444. The van der Waals surface area contributed by atoms with Crippen LogP contribution < -0.4 is 11.1 Å². The van der Waals surface area contributed by atoms with E-state index in [1.807, 2.05) is 20.8 Å². The Balaban J connectivity index is 2.26. The number of ether oxygens (including phenoxy) is 1. The molecule has 5 nitrogen and oxygen atoms in total. The maximum Gasteiger partial charge on any atom is 0.407 e. The molecule has 1 unspecified atom stereocenters. The van der Waals surface area contributed by atoms with Crippen molar-refractivity contribution >= 4 is 6.09 Å². The van der Waals surface area contributed by atoms with E-state index in [1.54, 1.807) is 0 Å². The summed E-state index contributed by atoms with van der Waals surface area (Å²) >= 11 is 0. The molecule has 1 aliphatic heterocycles. The number of nitrogens with zero attached hydrogens (tertiary/aromatic N) is 1. The third kappa shape index (κ3) is 6.57. The molecule has 0 spiro atoms. The molecule has 1 aliphatic rings. The van der Waals surface area contributed by atoms with Crippen LogP contribution in [0.25, 0.3) is 0 Å². The van der Waals surface area contributed by atoms with Crippen molar-refractivity contribution in [3.05, 3.63) is 0 Å². The number of piperidine rings is 1. The number of alkyl carbamates (subject to hydrolysis) is 1. The normalized spacial score (nSPS) is 19.6. The topological polar surface area (TPSA) is 67.6 Å². The second kappa shape index (κ2) is 7.84. The molecule has 1 fully saturated rings. The summed E-state index contributed by atoms with van der Waals surface area (Å²) in [7, 11) is 0. The van der Waals surface area contributed by atoms with Gasteiger partial charge in [-0.2, -0.15) is 0 Å². The average molecular weight is 285 g/mol. The third-order valence-corrected chi connectivity index (χ3v) is 3.75. The lowest BCUT2D eigenvalue weighted by molar-refractivity contribution is 0.0519. The molecule has 20 heavy (non-hydrogen) atoms. The van der Waals surface area contributed by atoms with Crippen LogP contribution in [0.3, 0.4) is 0 Å². The van der Waals surface area contributed by atoms with E-state index in [-0.39, 0.29) is 6.09 Å². The first kappa shape index (κ1) is 17.2. The minimum Gasteiger partial charge on any atom is -0.444 e. The fraction of sp³-hybridized carbons (Fsp3) is 0.933. The maximum atomic E-state index is 11.6. The van der Waals surface area contributed by atoms with E-state index in [4.69, 9.17) is 10.5 Å². The van der Waals surface area contributed by atoms with Crippen molar-refractivity contribution in [2.45, 2.75) is 58.6 Å². The van der Waals surface area contributed by atoms with Gasteiger partial charge in [0, 0.05) is 19.1 Å². The number of rotatable bonds is 5. The van der Waals surface area contributed by atoms with Gasteiger partial charge in [0.2, 0.25) is 0 Å². The van der Waals surface area contributed by atoms with Gasteiger partial charge < -0.3 is 15.8 Å². The number of likely N-dealkylation sites (tertiary alicyclic amines) is 1. The molecule has 1 saturated heterocycles. The van der Waals surface area contributed by atoms with Gasteiger partial charge in [0.15, 0.2) is 0 Å². The predicted molar refractivity (Wildman–Crippen MR) is 81.7 cm³/mol. The maximum absolute atomic E-state index is 11.6. The summed E-state index contributed by atoms with van der Waals surface area (Å²) < 4.78 is 5.22. The van der Waals surface area contributed by atoms with Crippen LogP contribution in [0.2, 0.25) is 0 Å². The molecule has 0 aliphatic carbocycles. The number of nitrogens with two attached hydrogens (primary N) is 1. The van der Waals surface area contributed by atoms with E-state index in [0.717, 1.165) is 25.4 Å². The van der Waals surface area contributed by atoms with Gasteiger partial charge in [0.05, 0.1) is 0 Å². The number of amides is 1. The lowest BCUT2D eigenvalue weighted by atomic mass is 9.97. The second-order valence-electron chi connectivity index (χ2n) is 6.83. The van der Waals surface area contributed by atoms with Crippen molar-refractivity contribution in [2.75, 3.05) is 26.2 Å². The first-order valence-electron chi connectivity index (χ1n) is 7.73. The molecule has 0 aromatic heterocycles. The molecule has 1 amide bonds. The van der Waals surface area contributed by atoms with E-state index in [1.165, 1.54) is 12.8 Å². The largest absolute Gasteiger partial charge is 0.444 e. The van der Waals surface area contributed by atoms with Gasteiger partial charge in [0.1, 0.15) is 5.60 Å². The first-order valence-corrected chi connectivity index (χ1v) is 7.73. The predicted octanol–water partition coefficient (Wildman–Crippen LogP) is 1.96. The lowest BCUT2D eigenvalue weighted by Crippen LogP contribution is -2.46. The average Bonchev–Trinajstić information content (AvgIpc) is 2.34. The van der Waals surface area contributed by atoms with Crippen LogP contribution in [0, 0.1) is 5.92 Å². The number of hydrogen-bond donors (Lipinski definition) is 2. The summed E-state index contributed by atoms with van der Waals surface area (Å²) in [5.41, 5.74) is 5.43. The molecule has 0 aromatic carbocycles. The van der Waals surface area contributed by atoms with Gasteiger partial charge in [-0.15, -0.1) is 0 Å². The summed E-state index contributed by atoms with van der Waals surface area (Å²) in [5, 5.41) is 2.81. The van der Waals surface area contributed by atoms with Crippen LogP contribution in [0.5, 0.6) is 0 Å². The van der Waals surface area contributed by atoms with Crippen molar-refractivity contribution in [3.8, 4) is 0 Å². The highest BCUT2D eigenvalue weighted by atomic mass is 16.6. The van der Waals surface area contributed by atoms with E-state index >= 15 is 0 Å². The highest BCUT2D eigenvalue weighted by Gasteiger charge is 2.22. The van der Waals surface area contributed by atoms with Crippen LogP contribution in [0.15, 0.2) is 0 Å². The molecule has 1 heterocycles. The van der Waals surface area contributed by atoms with Crippen LogP contribution in [0.1, 0.15) is 47.0 Å². The Morgan fingerprint density at radius 2 is 2.00 bits per heavy atom. The molecule has 1 atom stereocenters. The number of carbonyl (C=O) groups excluding carboxylic acids is 1. The SMILES string of the molecule is CC1CCN(C(CN)CCNC(=O)OC(C)(C)C)CC1. The number of carbonyl (C=O) groups is 1. The Hall–Kier alpha value is -0.810. The van der Waals surface area contributed by atoms with Gasteiger partial charge in [-0.1, -0.05) is 6.92 Å². The van der Waals surface area contributed by atoms with Gasteiger partial charge in [-0.25, -0.2) is 4.79 Å². The molecule has 0 aromatic rings. The molecule has 1 rings (SSSR count). The standard InChI is InChI=1S/C15H31N3O2/c1-12-6-9-18(10-7-12)13(11-16)5-8-17-14(19)20-15(2,3)4/h12-13H,5-11,16H2,1-4H3,(H,17,19). The van der Waals surface area contributed by atoms with Crippen molar-refractivity contribution in [2.24, 2.45) is 11.7 Å². The lowest BCUT2D eigenvalue weighted by Gasteiger charge is -2.36. The Bertz CT molecular complexity index is 294. The van der Waals surface area contributed by atoms with Gasteiger partial charge >= 0.3 is 6.09 Å². The van der Waals surface area contributed by atoms with Crippen molar-refractivity contribution < 1.29 is 9.53 Å². The quantitative estimate of drug-likeness (QED) is 0.810. The Morgan fingerprint density at radius 3 is 2.50 bits per heavy atom. The second-order valence-corrected chi connectivity index (χ2v) is 6.83. The molecule has 118 valence electrons. The highest BCUT2D eigenvalue weighted by molar-refractivity contribution is 5.67. The van der Waals surface area contributed by atoms with E-state index in [2.05, 4.69) is 17.1 Å². The molecule has 0 bridgehead atoms. The van der Waals surface area contributed by atoms with Crippen molar-refractivity contribution in [1.29, 1.82) is 0 Å². The summed E-state index contributed by atoms with van der Waals surface area (Å²) in [5.74, 6) is 0.824. The van der Waals surface area contributed by atoms with Crippen LogP contribution in [0.4, 0.5) is 4.79 Å². The Kier molecular flexibility index (Phi) is 6.76. The minimum absolute atomic E-state index is 0.347. The summed E-state index contributed by atoms with van der Waals surface area (Å²) in [6.45, 7) is 11.4. The fourth-order valence-electron chi connectivity index (χ4n) is 2.50. The zero-order valence-corrected chi connectivity index (χ0v) is 13.4. The molecule has 0 radical (unpaired) electrons. The molecule has 5 heteroatoms. The zero-order chi connectivity index (χ0) is 15.2. The molecule has 3 N–H and O–H groups in total. The third-order valence-electron chi connectivity index (χ3n) is 3.75. The van der Waals surface area contributed by atoms with E-state index < -0.39 is 5.60 Å². The smallest absolute Gasteiger partial charge is 0.407 e. The van der Waals surface area contributed by atoms with E-state index in [0.29, 0.717) is 19.1 Å². The van der Waals surface area contributed by atoms with Crippen LogP contribution in [-0.4, -0.2) is 48.8 Å². The summed E-state index contributed by atoms with van der Waals surface area (Å²) in [4.78, 5) is 14.0. The van der Waals surface area contributed by atoms with Gasteiger partial charge in [-0.05, 0) is 59.0 Å². The fourth-order valence-corrected chi connectivity index (χ4v) is 2.50. The number of nitrogens with one attached hydrogen (secondary N) is 1. The molecule has 0 saturated carbocycles. The van der Waals surface area contributed by atoms with E-state index in [9.17, 15) is 4.79 Å². The summed E-state index contributed by atoms with van der Waals surface area (Å²) in [6.07, 6.45) is 3.02. The summed E-state index contributed by atoms with van der Waals surface area (Å²) in [6, 6.07) is 0.359. The Labute approximate surface area is 123 Å². The number of hydrogen-bond acceptors (Lipinski definition) is 4. The van der Waals surface area contributed by atoms with Gasteiger partial charge in [-0.3, -0.25) is 4.90 Å². The Morgan fingerprint density at radius 1 is 1.40 bits per heavy atom. The van der Waals surface area contributed by atoms with Gasteiger partial charge in [0.25, 0.3) is 0 Å². The molecular formula is C15H31N3O2. The monoisotopic (exact) mass is 285 g/mol. The van der Waals surface area contributed by atoms with Crippen LogP contribution in [-0.2, 0) is 4.74 Å². The van der Waals surface area contributed by atoms with Crippen molar-refractivity contribution in [3.63, 3.8) is 0 Å². The molecular weight excluding hydrogens is 254 g/mol.